The summed E-state index contributed by atoms with van der Waals surface area (Å²) < 4.78 is 0. The van der Waals surface area contributed by atoms with E-state index in [1.807, 2.05) is 0 Å². The molecule has 5 nitrogen and oxygen atoms in total. The van der Waals surface area contributed by atoms with Gasteiger partial charge in [-0.05, 0) is 18.3 Å². The van der Waals surface area contributed by atoms with Crippen molar-refractivity contribution in [2.24, 2.45) is 11.8 Å². The number of carboxylic acids is 1. The second kappa shape index (κ2) is 7.92. The Balaban J connectivity index is 1.72. The molecule has 0 radical (unpaired) electrons. The maximum atomic E-state index is 12.1. The average molecular weight is 314 g/mol. The van der Waals surface area contributed by atoms with Crippen LogP contribution in [0, 0.1) is 11.8 Å². The number of urea groups is 1. The zero-order valence-electron chi connectivity index (χ0n) is 12.7. The minimum absolute atomic E-state index is 0.216. The summed E-state index contributed by atoms with van der Waals surface area (Å²) in [5, 5.41) is 12.1. The lowest BCUT2D eigenvalue weighted by atomic mass is 9.81. The summed E-state index contributed by atoms with van der Waals surface area (Å²) in [6.45, 7) is 3.49. The van der Waals surface area contributed by atoms with Crippen LogP contribution >= 0.6 is 11.8 Å². The molecule has 1 unspecified atom stereocenters. The van der Waals surface area contributed by atoms with Crippen LogP contribution in [0.2, 0.25) is 0 Å². The standard InChI is InChI=1S/C15H26N2O3S/c1-11-2-4-12(5-3-11)6-7-16-15(20)17-8-9-21-10-13(17)14(18)19/h11-13H,2-10H2,1H3,(H,16,20)(H,18,19). The predicted molar refractivity (Wildman–Crippen MR) is 84.6 cm³/mol. The van der Waals surface area contributed by atoms with Crippen molar-refractivity contribution in [3.05, 3.63) is 0 Å². The number of nitrogens with one attached hydrogen (secondary N) is 1. The fourth-order valence-corrected chi connectivity index (χ4v) is 4.19. The van der Waals surface area contributed by atoms with Gasteiger partial charge in [-0.2, -0.15) is 11.8 Å². The molecule has 0 aromatic heterocycles. The van der Waals surface area contributed by atoms with Crippen LogP contribution in [0.25, 0.3) is 0 Å². The molecular formula is C15H26N2O3S. The Bertz CT molecular complexity index is 370. The van der Waals surface area contributed by atoms with Crippen LogP contribution in [0.1, 0.15) is 39.0 Å². The van der Waals surface area contributed by atoms with Crippen molar-refractivity contribution < 1.29 is 14.7 Å². The molecule has 0 aromatic rings. The van der Waals surface area contributed by atoms with E-state index in [4.69, 9.17) is 0 Å². The summed E-state index contributed by atoms with van der Waals surface area (Å²) in [4.78, 5) is 24.8. The number of hydrogen-bond acceptors (Lipinski definition) is 3. The molecule has 2 N–H and O–H groups in total. The predicted octanol–water partition coefficient (Wildman–Crippen LogP) is 2.41. The molecule has 1 saturated heterocycles. The highest BCUT2D eigenvalue weighted by molar-refractivity contribution is 7.99. The number of carboxylic acid groups (broad SMARTS) is 1. The van der Waals surface area contributed by atoms with Crippen LogP contribution < -0.4 is 5.32 Å². The maximum Gasteiger partial charge on any atom is 0.327 e. The van der Waals surface area contributed by atoms with Crippen LogP contribution in [0.4, 0.5) is 4.79 Å². The summed E-state index contributed by atoms with van der Waals surface area (Å²) in [6, 6.07) is -0.897. The second-order valence-corrected chi connectivity index (χ2v) is 7.42. The van der Waals surface area contributed by atoms with Gasteiger partial charge in [0.15, 0.2) is 0 Å². The molecule has 6 heteroatoms. The zero-order valence-corrected chi connectivity index (χ0v) is 13.5. The van der Waals surface area contributed by atoms with E-state index in [1.165, 1.54) is 30.6 Å². The Morgan fingerprint density at radius 1 is 1.29 bits per heavy atom. The summed E-state index contributed by atoms with van der Waals surface area (Å²) in [7, 11) is 0. The van der Waals surface area contributed by atoms with Gasteiger partial charge in [0.05, 0.1) is 0 Å². The number of thioether (sulfide) groups is 1. The first-order chi connectivity index (χ1) is 10.1. The van der Waals surface area contributed by atoms with Crippen LogP contribution in [0.5, 0.6) is 0 Å². The molecule has 120 valence electrons. The first-order valence-corrected chi connectivity index (χ1v) is 9.08. The van der Waals surface area contributed by atoms with Gasteiger partial charge in [-0.1, -0.05) is 32.6 Å². The summed E-state index contributed by atoms with van der Waals surface area (Å²) in [5.41, 5.74) is 0. The highest BCUT2D eigenvalue weighted by Crippen LogP contribution is 2.29. The minimum atomic E-state index is -0.904. The number of amides is 2. The number of rotatable bonds is 4. The number of nitrogens with zero attached hydrogens (tertiary/aromatic N) is 1. The van der Waals surface area contributed by atoms with Gasteiger partial charge < -0.3 is 15.3 Å². The van der Waals surface area contributed by atoms with Gasteiger partial charge >= 0.3 is 12.0 Å². The minimum Gasteiger partial charge on any atom is -0.480 e. The highest BCUT2D eigenvalue weighted by Gasteiger charge is 2.32. The summed E-state index contributed by atoms with van der Waals surface area (Å²) in [6.07, 6.45) is 6.12. The lowest BCUT2D eigenvalue weighted by Gasteiger charge is -2.33. The summed E-state index contributed by atoms with van der Waals surface area (Å²) >= 11 is 1.60. The fraction of sp³-hybridized carbons (Fsp3) is 0.867. The topological polar surface area (TPSA) is 69.6 Å². The largest absolute Gasteiger partial charge is 0.480 e. The summed E-state index contributed by atoms with van der Waals surface area (Å²) in [5.74, 6) is 1.96. The third-order valence-electron chi connectivity index (χ3n) is 4.64. The van der Waals surface area contributed by atoms with E-state index in [0.29, 0.717) is 24.8 Å². The number of hydrogen-bond donors (Lipinski definition) is 2. The van der Waals surface area contributed by atoms with Gasteiger partial charge in [0.25, 0.3) is 0 Å². The van der Waals surface area contributed by atoms with Crippen molar-refractivity contribution >= 4 is 23.8 Å². The van der Waals surface area contributed by atoms with E-state index >= 15 is 0 Å². The molecule has 2 aliphatic rings. The molecule has 0 bridgehead atoms. The van der Waals surface area contributed by atoms with E-state index in [9.17, 15) is 14.7 Å². The molecule has 2 rings (SSSR count). The molecule has 2 amide bonds. The molecule has 1 heterocycles. The van der Waals surface area contributed by atoms with Crippen molar-refractivity contribution in [2.45, 2.75) is 45.1 Å². The normalized spacial score (nSPS) is 30.0. The number of carbonyl (C=O) groups is 2. The SMILES string of the molecule is CC1CCC(CCNC(=O)N2CCSCC2C(=O)O)CC1. The Hall–Kier alpha value is -0.910. The molecule has 1 aliphatic heterocycles. The van der Waals surface area contributed by atoms with Crippen molar-refractivity contribution in [3.63, 3.8) is 0 Å². The fourth-order valence-electron chi connectivity index (χ4n) is 3.15. The van der Waals surface area contributed by atoms with Gasteiger partial charge in [0.1, 0.15) is 6.04 Å². The molecular weight excluding hydrogens is 288 g/mol. The monoisotopic (exact) mass is 314 g/mol. The van der Waals surface area contributed by atoms with Crippen molar-refractivity contribution in [3.8, 4) is 0 Å². The van der Waals surface area contributed by atoms with Crippen molar-refractivity contribution in [2.75, 3.05) is 24.6 Å². The van der Waals surface area contributed by atoms with E-state index in [2.05, 4.69) is 12.2 Å². The van der Waals surface area contributed by atoms with Gasteiger partial charge in [-0.15, -0.1) is 0 Å². The van der Waals surface area contributed by atoms with Crippen LogP contribution in [0.15, 0.2) is 0 Å². The molecule has 0 spiro atoms. The van der Waals surface area contributed by atoms with E-state index in [-0.39, 0.29) is 6.03 Å². The van der Waals surface area contributed by atoms with Gasteiger partial charge in [0, 0.05) is 24.6 Å². The molecule has 1 aliphatic carbocycles. The van der Waals surface area contributed by atoms with Crippen LogP contribution in [-0.2, 0) is 4.79 Å². The van der Waals surface area contributed by atoms with Gasteiger partial charge in [-0.3, -0.25) is 0 Å². The molecule has 0 aromatic carbocycles. The van der Waals surface area contributed by atoms with Gasteiger partial charge in [0.2, 0.25) is 0 Å². The Labute approximate surface area is 130 Å². The Morgan fingerprint density at radius 3 is 2.67 bits per heavy atom. The van der Waals surface area contributed by atoms with Crippen LogP contribution in [0.3, 0.4) is 0 Å². The third-order valence-corrected chi connectivity index (χ3v) is 5.66. The smallest absolute Gasteiger partial charge is 0.327 e. The van der Waals surface area contributed by atoms with Crippen molar-refractivity contribution in [1.82, 2.24) is 10.2 Å². The lowest BCUT2D eigenvalue weighted by molar-refractivity contribution is -0.141. The van der Waals surface area contributed by atoms with Crippen LogP contribution in [-0.4, -0.2) is 52.6 Å². The van der Waals surface area contributed by atoms with E-state index in [0.717, 1.165) is 18.1 Å². The van der Waals surface area contributed by atoms with E-state index in [1.54, 1.807) is 11.8 Å². The first kappa shape index (κ1) is 16.5. The van der Waals surface area contributed by atoms with Gasteiger partial charge in [-0.25, -0.2) is 9.59 Å². The highest BCUT2D eigenvalue weighted by atomic mass is 32.2. The molecule has 2 fully saturated rings. The lowest BCUT2D eigenvalue weighted by Crippen LogP contribution is -2.54. The number of carbonyl (C=O) groups excluding carboxylic acids is 1. The maximum absolute atomic E-state index is 12.1. The second-order valence-electron chi connectivity index (χ2n) is 6.27. The third kappa shape index (κ3) is 4.80. The molecule has 1 atom stereocenters. The first-order valence-electron chi connectivity index (χ1n) is 7.93. The quantitative estimate of drug-likeness (QED) is 0.836. The Kier molecular flexibility index (Phi) is 6.21. The molecule has 21 heavy (non-hydrogen) atoms. The zero-order chi connectivity index (χ0) is 15.2. The average Bonchev–Trinajstić information content (AvgIpc) is 2.49. The van der Waals surface area contributed by atoms with Crippen molar-refractivity contribution in [1.29, 1.82) is 0 Å². The molecule has 1 saturated carbocycles. The van der Waals surface area contributed by atoms with E-state index < -0.39 is 12.0 Å². The number of aliphatic carboxylic acids is 1. The Morgan fingerprint density at radius 2 is 2.00 bits per heavy atom.